The van der Waals surface area contributed by atoms with E-state index in [1.165, 1.54) is 0 Å². The summed E-state index contributed by atoms with van der Waals surface area (Å²) in [5.41, 5.74) is 2.91. The third-order valence-corrected chi connectivity index (χ3v) is 4.13. The zero-order chi connectivity index (χ0) is 16.4. The van der Waals surface area contributed by atoms with E-state index in [1.807, 2.05) is 83.4 Å². The molecule has 2 heterocycles. The van der Waals surface area contributed by atoms with Gasteiger partial charge in [-0.25, -0.2) is 9.97 Å². The summed E-state index contributed by atoms with van der Waals surface area (Å²) in [5, 5.41) is 0.717. The number of benzene rings is 2. The lowest BCUT2D eigenvalue weighted by Gasteiger charge is -2.05. The highest BCUT2D eigenvalue weighted by Gasteiger charge is 2.10. The van der Waals surface area contributed by atoms with E-state index in [0.717, 1.165) is 28.2 Å². The molecule has 0 saturated heterocycles. The average Bonchev–Trinajstić information content (AvgIpc) is 3.00. The van der Waals surface area contributed by atoms with E-state index in [4.69, 9.17) is 16.6 Å². The summed E-state index contributed by atoms with van der Waals surface area (Å²) in [6, 6.07) is 21.6. The molecule has 25 heavy (non-hydrogen) atoms. The van der Waals surface area contributed by atoms with Crippen molar-refractivity contribution in [1.82, 2.24) is 14.5 Å². The molecule has 124 valence electrons. The fourth-order valence-electron chi connectivity index (χ4n) is 2.66. The van der Waals surface area contributed by atoms with Crippen LogP contribution in [-0.4, -0.2) is 14.5 Å². The van der Waals surface area contributed by atoms with Crippen molar-refractivity contribution in [1.29, 1.82) is 0 Å². The Morgan fingerprint density at radius 1 is 0.840 bits per heavy atom. The maximum absolute atomic E-state index is 6.24. The molecule has 0 saturated carbocycles. The van der Waals surface area contributed by atoms with Crippen LogP contribution in [0.2, 0.25) is 5.02 Å². The zero-order valence-electron chi connectivity index (χ0n) is 13.2. The molecule has 2 aromatic carbocycles. The molecule has 0 unspecified atom stereocenters. The largest absolute Gasteiger partial charge is 0.277 e. The predicted molar refractivity (Wildman–Crippen MR) is 106 cm³/mol. The molecular formula is C20H15Cl2N3. The lowest BCUT2D eigenvalue weighted by molar-refractivity contribution is 1.01. The van der Waals surface area contributed by atoms with Crippen molar-refractivity contribution in [2.24, 2.45) is 0 Å². The van der Waals surface area contributed by atoms with Gasteiger partial charge >= 0.3 is 0 Å². The summed E-state index contributed by atoms with van der Waals surface area (Å²) in [7, 11) is 0. The van der Waals surface area contributed by atoms with Gasteiger partial charge in [0.05, 0.1) is 11.0 Å². The smallest absolute Gasteiger partial charge is 0.139 e. The summed E-state index contributed by atoms with van der Waals surface area (Å²) in [6.45, 7) is 0. The number of para-hydroxylation sites is 2. The second kappa shape index (κ2) is 7.51. The lowest BCUT2D eigenvalue weighted by Crippen LogP contribution is -1.99. The third-order valence-electron chi connectivity index (χ3n) is 3.78. The Morgan fingerprint density at radius 2 is 1.60 bits per heavy atom. The summed E-state index contributed by atoms with van der Waals surface area (Å²) in [4.78, 5) is 9.19. The van der Waals surface area contributed by atoms with Gasteiger partial charge in [-0.1, -0.05) is 48.0 Å². The van der Waals surface area contributed by atoms with Crippen molar-refractivity contribution in [2.45, 2.75) is 0 Å². The Kier molecular flexibility index (Phi) is 5.17. The Balaban J connectivity index is 0.00000182. The van der Waals surface area contributed by atoms with Crippen LogP contribution in [0.5, 0.6) is 0 Å². The fraction of sp³-hybridized carbons (Fsp3) is 0. The number of pyridine rings is 1. The summed E-state index contributed by atoms with van der Waals surface area (Å²) >= 11 is 6.24. The Morgan fingerprint density at radius 3 is 2.40 bits per heavy atom. The standard InChI is InChI=1S/C20H14ClN3.ClH/c21-16-8-2-1-7-15(16)12-13-20-23-17-9-3-4-10-18(17)24(20)19-11-5-6-14-22-19;/h1-14H;1H/b13-12+;. The van der Waals surface area contributed by atoms with Crippen LogP contribution >= 0.6 is 24.0 Å². The molecule has 0 aliphatic rings. The number of hydrogen-bond acceptors (Lipinski definition) is 2. The van der Waals surface area contributed by atoms with E-state index in [2.05, 4.69) is 4.98 Å². The number of nitrogens with zero attached hydrogens (tertiary/aromatic N) is 3. The molecule has 2 aromatic heterocycles. The number of hydrogen-bond donors (Lipinski definition) is 0. The number of imidazole rings is 1. The summed E-state index contributed by atoms with van der Waals surface area (Å²) < 4.78 is 2.04. The second-order valence-corrected chi connectivity index (χ2v) is 5.74. The van der Waals surface area contributed by atoms with Crippen LogP contribution in [0.1, 0.15) is 11.4 Å². The Labute approximate surface area is 157 Å². The molecule has 4 rings (SSSR count). The van der Waals surface area contributed by atoms with Crippen molar-refractivity contribution in [3.05, 3.63) is 89.3 Å². The highest BCUT2D eigenvalue weighted by Crippen LogP contribution is 2.23. The molecule has 0 spiro atoms. The molecule has 3 nitrogen and oxygen atoms in total. The number of fused-ring (bicyclic) bond motifs is 1. The minimum absolute atomic E-state index is 0. The molecule has 0 radical (unpaired) electrons. The van der Waals surface area contributed by atoms with Crippen LogP contribution in [0.15, 0.2) is 72.9 Å². The molecule has 5 heteroatoms. The topological polar surface area (TPSA) is 30.7 Å². The molecule has 0 amide bonds. The maximum Gasteiger partial charge on any atom is 0.139 e. The van der Waals surface area contributed by atoms with Crippen molar-refractivity contribution in [3.8, 4) is 5.82 Å². The normalized spacial score (nSPS) is 10.9. The molecule has 0 fully saturated rings. The molecule has 0 aliphatic carbocycles. The van der Waals surface area contributed by atoms with Crippen molar-refractivity contribution >= 4 is 47.2 Å². The fourth-order valence-corrected chi connectivity index (χ4v) is 2.86. The van der Waals surface area contributed by atoms with Crippen LogP contribution in [-0.2, 0) is 0 Å². The quantitative estimate of drug-likeness (QED) is 0.467. The van der Waals surface area contributed by atoms with Crippen LogP contribution in [0.25, 0.3) is 29.0 Å². The van der Waals surface area contributed by atoms with Gasteiger partial charge in [0.15, 0.2) is 0 Å². The molecular weight excluding hydrogens is 353 g/mol. The van der Waals surface area contributed by atoms with Gasteiger partial charge in [-0.2, -0.15) is 0 Å². The second-order valence-electron chi connectivity index (χ2n) is 5.34. The van der Waals surface area contributed by atoms with Gasteiger partial charge in [-0.15, -0.1) is 12.4 Å². The van der Waals surface area contributed by atoms with Crippen LogP contribution in [0.4, 0.5) is 0 Å². The van der Waals surface area contributed by atoms with E-state index < -0.39 is 0 Å². The first kappa shape index (κ1) is 17.2. The minimum atomic E-state index is 0. The van der Waals surface area contributed by atoms with Gasteiger partial charge in [0.1, 0.15) is 11.6 Å². The monoisotopic (exact) mass is 367 g/mol. The first-order chi connectivity index (χ1) is 11.8. The van der Waals surface area contributed by atoms with Gasteiger partial charge in [-0.3, -0.25) is 4.57 Å². The van der Waals surface area contributed by atoms with E-state index in [9.17, 15) is 0 Å². The number of aromatic nitrogens is 3. The zero-order valence-corrected chi connectivity index (χ0v) is 14.8. The highest BCUT2D eigenvalue weighted by molar-refractivity contribution is 6.32. The van der Waals surface area contributed by atoms with Crippen molar-refractivity contribution in [2.75, 3.05) is 0 Å². The van der Waals surface area contributed by atoms with Crippen LogP contribution < -0.4 is 0 Å². The van der Waals surface area contributed by atoms with Gasteiger partial charge in [0, 0.05) is 11.2 Å². The van der Waals surface area contributed by atoms with E-state index in [-0.39, 0.29) is 12.4 Å². The predicted octanol–water partition coefficient (Wildman–Crippen LogP) is 5.67. The molecule has 0 atom stereocenters. The summed E-state index contributed by atoms with van der Waals surface area (Å²) in [5.74, 6) is 1.65. The van der Waals surface area contributed by atoms with E-state index >= 15 is 0 Å². The van der Waals surface area contributed by atoms with Crippen LogP contribution in [0, 0.1) is 0 Å². The SMILES string of the molecule is Cl.Clc1ccccc1/C=C/c1nc2ccccc2n1-c1ccccn1. The molecule has 0 N–H and O–H groups in total. The van der Waals surface area contributed by atoms with Crippen molar-refractivity contribution < 1.29 is 0 Å². The van der Waals surface area contributed by atoms with Gasteiger partial charge in [-0.05, 0) is 48.0 Å². The van der Waals surface area contributed by atoms with E-state index in [1.54, 1.807) is 6.20 Å². The first-order valence-electron chi connectivity index (χ1n) is 7.64. The van der Waals surface area contributed by atoms with Crippen molar-refractivity contribution in [3.63, 3.8) is 0 Å². The summed E-state index contributed by atoms with van der Waals surface area (Å²) in [6.07, 6.45) is 5.73. The number of rotatable bonds is 3. The first-order valence-corrected chi connectivity index (χ1v) is 8.02. The number of halogens is 2. The minimum Gasteiger partial charge on any atom is -0.277 e. The van der Waals surface area contributed by atoms with Gasteiger partial charge in [0.2, 0.25) is 0 Å². The Hall–Kier alpha value is -2.62. The van der Waals surface area contributed by atoms with Crippen LogP contribution in [0.3, 0.4) is 0 Å². The molecule has 0 bridgehead atoms. The molecule has 0 aliphatic heterocycles. The molecule has 4 aromatic rings. The maximum atomic E-state index is 6.24. The Bertz CT molecular complexity index is 1020. The van der Waals surface area contributed by atoms with Gasteiger partial charge < -0.3 is 0 Å². The van der Waals surface area contributed by atoms with Gasteiger partial charge in [0.25, 0.3) is 0 Å². The third kappa shape index (κ3) is 3.43. The highest BCUT2D eigenvalue weighted by atomic mass is 35.5. The van der Waals surface area contributed by atoms with E-state index in [0.29, 0.717) is 5.02 Å². The average molecular weight is 368 g/mol. The lowest BCUT2D eigenvalue weighted by atomic mass is 10.2.